The van der Waals surface area contributed by atoms with Gasteiger partial charge in [0.15, 0.2) is 0 Å². The van der Waals surface area contributed by atoms with Crippen molar-refractivity contribution in [2.24, 2.45) is 0 Å². The largest absolute Gasteiger partial charge is 0.135 e. The second-order valence-corrected chi connectivity index (χ2v) is 9.17. The van der Waals surface area contributed by atoms with Crippen LogP contribution in [0.1, 0.15) is 17.4 Å². The van der Waals surface area contributed by atoms with Gasteiger partial charge in [-0.1, -0.05) is 104 Å². The maximum absolute atomic E-state index is 4.05. The molecule has 0 saturated heterocycles. The minimum Gasteiger partial charge on any atom is -0.135 e. The van der Waals surface area contributed by atoms with E-state index in [9.17, 15) is 0 Å². The fourth-order valence-corrected chi connectivity index (χ4v) is 6.12. The molecule has 1 heterocycles. The highest BCUT2D eigenvalue weighted by Crippen LogP contribution is 2.42. The molecule has 0 saturated carbocycles. The smallest absolute Gasteiger partial charge is 0.0433 e. The van der Waals surface area contributed by atoms with Crippen molar-refractivity contribution in [1.82, 2.24) is 0 Å². The first kappa shape index (κ1) is 19.0. The standard InChI is InChI=1S/C31H22S/c1-3-10-27-28-16-9-15-21(31(28)32-30(27)4-2)20-17-18-26-24-13-6-5-11-22(24)23-12-7-8-14-25(23)29(26)19-20/h3-19H,2H2,1H3/b10-3-. The van der Waals surface area contributed by atoms with Crippen LogP contribution in [0.2, 0.25) is 0 Å². The minimum absolute atomic E-state index is 1.22. The van der Waals surface area contributed by atoms with Crippen molar-refractivity contribution in [2.75, 3.05) is 0 Å². The average molecular weight is 427 g/mol. The van der Waals surface area contributed by atoms with E-state index in [1.165, 1.54) is 64.0 Å². The maximum Gasteiger partial charge on any atom is 0.0433 e. The van der Waals surface area contributed by atoms with Crippen LogP contribution in [0.25, 0.3) is 65.7 Å². The van der Waals surface area contributed by atoms with E-state index in [0.717, 1.165) is 0 Å². The van der Waals surface area contributed by atoms with Gasteiger partial charge in [0.2, 0.25) is 0 Å². The van der Waals surface area contributed by atoms with Crippen molar-refractivity contribution in [2.45, 2.75) is 6.92 Å². The van der Waals surface area contributed by atoms with Crippen molar-refractivity contribution in [3.63, 3.8) is 0 Å². The van der Waals surface area contributed by atoms with E-state index in [0.29, 0.717) is 0 Å². The van der Waals surface area contributed by atoms with Crippen LogP contribution in [0.5, 0.6) is 0 Å². The van der Waals surface area contributed by atoms with Crippen molar-refractivity contribution in [1.29, 1.82) is 0 Å². The molecule has 152 valence electrons. The summed E-state index contributed by atoms with van der Waals surface area (Å²) >= 11 is 1.83. The molecule has 0 aliphatic heterocycles. The fraction of sp³-hybridized carbons (Fsp3) is 0.0323. The third-order valence-electron chi connectivity index (χ3n) is 6.36. The molecule has 32 heavy (non-hydrogen) atoms. The van der Waals surface area contributed by atoms with Crippen LogP contribution < -0.4 is 0 Å². The number of hydrogen-bond donors (Lipinski definition) is 0. The van der Waals surface area contributed by atoms with Crippen LogP contribution in [0.4, 0.5) is 0 Å². The van der Waals surface area contributed by atoms with E-state index in [1.807, 2.05) is 17.4 Å². The molecule has 0 nitrogen and oxygen atoms in total. The highest BCUT2D eigenvalue weighted by Gasteiger charge is 2.14. The van der Waals surface area contributed by atoms with Crippen molar-refractivity contribution in [3.8, 4) is 11.1 Å². The zero-order valence-corrected chi connectivity index (χ0v) is 18.7. The molecule has 5 aromatic carbocycles. The van der Waals surface area contributed by atoms with Gasteiger partial charge in [0, 0.05) is 15.0 Å². The average Bonchev–Trinajstić information content (AvgIpc) is 3.22. The van der Waals surface area contributed by atoms with E-state index in [-0.39, 0.29) is 0 Å². The summed E-state index contributed by atoms with van der Waals surface area (Å²) < 4.78 is 1.32. The summed E-state index contributed by atoms with van der Waals surface area (Å²) in [5.41, 5.74) is 3.81. The lowest BCUT2D eigenvalue weighted by Gasteiger charge is -2.12. The number of thiophene rings is 1. The van der Waals surface area contributed by atoms with Crippen LogP contribution in [-0.2, 0) is 0 Å². The van der Waals surface area contributed by atoms with Gasteiger partial charge in [-0.15, -0.1) is 11.3 Å². The molecule has 0 bridgehead atoms. The Morgan fingerprint density at radius 1 is 0.656 bits per heavy atom. The molecular weight excluding hydrogens is 404 g/mol. The minimum atomic E-state index is 1.22. The topological polar surface area (TPSA) is 0 Å². The summed E-state index contributed by atoms with van der Waals surface area (Å²) in [5, 5.41) is 9.16. The number of fused-ring (bicyclic) bond motifs is 7. The molecule has 0 unspecified atom stereocenters. The molecular formula is C31H22S. The van der Waals surface area contributed by atoms with Gasteiger partial charge in [-0.25, -0.2) is 0 Å². The number of allylic oxidation sites excluding steroid dienone is 1. The summed E-state index contributed by atoms with van der Waals surface area (Å²) in [6, 6.07) is 31.1. The highest BCUT2D eigenvalue weighted by atomic mass is 32.1. The van der Waals surface area contributed by atoms with E-state index >= 15 is 0 Å². The van der Waals surface area contributed by atoms with Crippen molar-refractivity contribution >= 4 is 65.9 Å². The third kappa shape index (κ3) is 2.75. The van der Waals surface area contributed by atoms with Gasteiger partial charge >= 0.3 is 0 Å². The Labute approximate surface area is 191 Å². The second-order valence-electron chi connectivity index (χ2n) is 8.12. The van der Waals surface area contributed by atoms with E-state index in [4.69, 9.17) is 0 Å². The Morgan fingerprint density at radius 2 is 1.25 bits per heavy atom. The predicted molar refractivity (Wildman–Crippen MR) is 145 cm³/mol. The van der Waals surface area contributed by atoms with Crippen LogP contribution in [-0.4, -0.2) is 0 Å². The van der Waals surface area contributed by atoms with E-state index in [1.54, 1.807) is 0 Å². The van der Waals surface area contributed by atoms with Gasteiger partial charge < -0.3 is 0 Å². The molecule has 1 heteroatoms. The summed E-state index contributed by atoms with van der Waals surface area (Å²) in [5.74, 6) is 0. The molecule has 6 aromatic rings. The fourth-order valence-electron chi connectivity index (χ4n) is 4.95. The van der Waals surface area contributed by atoms with Crippen LogP contribution in [0.15, 0.2) is 97.6 Å². The highest BCUT2D eigenvalue weighted by molar-refractivity contribution is 7.20. The molecule has 0 spiro atoms. The molecule has 0 atom stereocenters. The molecule has 1 aromatic heterocycles. The van der Waals surface area contributed by atoms with E-state index in [2.05, 4.69) is 111 Å². The SMILES string of the molecule is C=Cc1sc2c(-c3ccc4c5ccccc5c5ccccc5c4c3)cccc2c1/C=C\C. The quantitative estimate of drug-likeness (QED) is 0.247. The van der Waals surface area contributed by atoms with Crippen LogP contribution in [0.3, 0.4) is 0 Å². The molecule has 0 N–H and O–H groups in total. The zero-order chi connectivity index (χ0) is 21.7. The van der Waals surface area contributed by atoms with Gasteiger partial charge in [-0.05, 0) is 62.0 Å². The lowest BCUT2D eigenvalue weighted by atomic mass is 9.92. The van der Waals surface area contributed by atoms with Crippen molar-refractivity contribution < 1.29 is 0 Å². The zero-order valence-electron chi connectivity index (χ0n) is 17.9. The number of benzene rings is 5. The van der Waals surface area contributed by atoms with Crippen molar-refractivity contribution in [3.05, 3.63) is 108 Å². The molecule has 0 aliphatic rings. The Balaban J connectivity index is 1.70. The van der Waals surface area contributed by atoms with Crippen LogP contribution in [0, 0.1) is 0 Å². The lowest BCUT2D eigenvalue weighted by molar-refractivity contribution is 1.72. The maximum atomic E-state index is 4.05. The first-order valence-electron chi connectivity index (χ1n) is 10.9. The third-order valence-corrected chi connectivity index (χ3v) is 7.61. The first-order chi connectivity index (χ1) is 15.8. The predicted octanol–water partition coefficient (Wildman–Crippen LogP) is 9.70. The summed E-state index contributed by atoms with van der Waals surface area (Å²) in [6.45, 7) is 6.12. The Kier molecular flexibility index (Phi) is 4.45. The molecule has 0 amide bonds. The summed E-state index contributed by atoms with van der Waals surface area (Å²) in [6.07, 6.45) is 6.28. The molecule has 0 aliphatic carbocycles. The molecule has 6 rings (SSSR count). The Bertz CT molecular complexity index is 1660. The molecule has 0 radical (unpaired) electrons. The van der Waals surface area contributed by atoms with E-state index < -0.39 is 0 Å². The summed E-state index contributed by atoms with van der Waals surface area (Å²) in [4.78, 5) is 1.22. The van der Waals surface area contributed by atoms with Gasteiger partial charge in [0.25, 0.3) is 0 Å². The normalized spacial score (nSPS) is 11.9. The lowest BCUT2D eigenvalue weighted by Crippen LogP contribution is -1.85. The number of rotatable bonds is 3. The van der Waals surface area contributed by atoms with Gasteiger partial charge in [-0.3, -0.25) is 0 Å². The monoisotopic (exact) mass is 426 g/mol. The van der Waals surface area contributed by atoms with Gasteiger partial charge in [0.05, 0.1) is 0 Å². The Morgan fingerprint density at radius 3 is 1.88 bits per heavy atom. The summed E-state index contributed by atoms with van der Waals surface area (Å²) in [7, 11) is 0. The van der Waals surface area contributed by atoms with Crippen LogP contribution >= 0.6 is 11.3 Å². The molecule has 0 fully saturated rings. The Hall–Kier alpha value is -3.68. The first-order valence-corrected chi connectivity index (χ1v) is 11.8. The number of hydrogen-bond acceptors (Lipinski definition) is 1. The van der Waals surface area contributed by atoms with Gasteiger partial charge in [-0.2, -0.15) is 0 Å². The van der Waals surface area contributed by atoms with Gasteiger partial charge in [0.1, 0.15) is 0 Å². The second kappa shape index (κ2) is 7.47.